The number of carbonyl (C=O) groups excluding carboxylic acids is 1. The number of hydrogen-bond acceptors (Lipinski definition) is 4. The molecule has 0 saturated heterocycles. The summed E-state index contributed by atoms with van der Waals surface area (Å²) in [5.41, 5.74) is 0.273. The average Bonchev–Trinajstić information content (AvgIpc) is 3.03. The van der Waals surface area contributed by atoms with Crippen LogP contribution in [0.2, 0.25) is 5.02 Å². The molecule has 0 fully saturated rings. The predicted molar refractivity (Wildman–Crippen MR) is 99.1 cm³/mol. The second-order valence-corrected chi connectivity index (χ2v) is 6.37. The van der Waals surface area contributed by atoms with E-state index in [9.17, 15) is 19.1 Å². The number of aromatic nitrogens is 2. The highest BCUT2D eigenvalue weighted by molar-refractivity contribution is 6.30. The lowest BCUT2D eigenvalue weighted by Crippen LogP contribution is -2.30. The molecule has 1 heterocycles. The van der Waals surface area contributed by atoms with Gasteiger partial charge >= 0.3 is 5.97 Å². The van der Waals surface area contributed by atoms with E-state index in [1.165, 1.54) is 18.2 Å². The number of hydrogen-bond donors (Lipinski definition) is 3. The fourth-order valence-corrected chi connectivity index (χ4v) is 2.86. The van der Waals surface area contributed by atoms with E-state index >= 15 is 0 Å². The van der Waals surface area contributed by atoms with Crippen molar-refractivity contribution >= 4 is 23.5 Å². The summed E-state index contributed by atoms with van der Waals surface area (Å²) in [6, 6.07) is 12.3. The Morgan fingerprint density at radius 1 is 1.18 bits per heavy atom. The Bertz CT molecular complexity index is 1040. The molecule has 0 bridgehead atoms. The van der Waals surface area contributed by atoms with Gasteiger partial charge in [0.2, 0.25) is 5.88 Å². The average molecular weight is 404 g/mol. The summed E-state index contributed by atoms with van der Waals surface area (Å²) in [5.74, 6) is -2.91. The van der Waals surface area contributed by atoms with Crippen LogP contribution in [0, 0.1) is 5.82 Å². The van der Waals surface area contributed by atoms with Crippen LogP contribution in [0.4, 0.5) is 4.39 Å². The first-order chi connectivity index (χ1) is 13.3. The summed E-state index contributed by atoms with van der Waals surface area (Å²) >= 11 is 5.94. The molecule has 9 heteroatoms. The van der Waals surface area contributed by atoms with Gasteiger partial charge in [-0.2, -0.15) is 9.78 Å². The molecule has 0 radical (unpaired) electrons. The van der Waals surface area contributed by atoms with Crippen molar-refractivity contribution in [2.75, 3.05) is 0 Å². The van der Waals surface area contributed by atoms with E-state index in [1.807, 2.05) is 0 Å². The topological polar surface area (TPSA) is 104 Å². The van der Waals surface area contributed by atoms with Gasteiger partial charge in [0.1, 0.15) is 11.5 Å². The minimum absolute atomic E-state index is 0.0315. The number of nitrogens with zero attached hydrogens (tertiary/aromatic N) is 2. The first-order valence-corrected chi connectivity index (χ1v) is 8.55. The van der Waals surface area contributed by atoms with Gasteiger partial charge < -0.3 is 15.5 Å². The normalized spacial score (nSPS) is 11.8. The molecule has 1 atom stereocenters. The molecule has 0 unspecified atom stereocenters. The summed E-state index contributed by atoms with van der Waals surface area (Å²) in [4.78, 5) is 23.7. The van der Waals surface area contributed by atoms with E-state index in [-0.39, 0.29) is 17.8 Å². The quantitative estimate of drug-likeness (QED) is 0.585. The largest absolute Gasteiger partial charge is 0.493 e. The molecule has 1 aromatic heterocycles. The first-order valence-electron chi connectivity index (χ1n) is 8.17. The zero-order valence-electron chi connectivity index (χ0n) is 14.3. The molecule has 3 rings (SSSR count). The Morgan fingerprint density at radius 3 is 2.61 bits per heavy atom. The van der Waals surface area contributed by atoms with Crippen molar-refractivity contribution in [1.82, 2.24) is 15.1 Å². The molecule has 0 saturated carbocycles. The highest BCUT2D eigenvalue weighted by Gasteiger charge is 2.22. The lowest BCUT2D eigenvalue weighted by atomic mass is 10.0. The number of amides is 1. The summed E-state index contributed by atoms with van der Waals surface area (Å²) in [6.45, 7) is 0. The second-order valence-electron chi connectivity index (χ2n) is 5.93. The summed E-state index contributed by atoms with van der Waals surface area (Å²) in [6.07, 6.45) is -0.383. The van der Waals surface area contributed by atoms with Crippen molar-refractivity contribution in [3.63, 3.8) is 0 Å². The van der Waals surface area contributed by atoms with Crippen LogP contribution in [0.25, 0.3) is 5.69 Å². The third-order valence-electron chi connectivity index (χ3n) is 3.94. The molecule has 28 heavy (non-hydrogen) atoms. The van der Waals surface area contributed by atoms with Gasteiger partial charge in [0, 0.05) is 11.1 Å². The molecule has 0 aliphatic carbocycles. The van der Waals surface area contributed by atoms with Gasteiger partial charge in [-0.25, -0.2) is 4.39 Å². The van der Waals surface area contributed by atoms with Crippen molar-refractivity contribution < 1.29 is 24.2 Å². The van der Waals surface area contributed by atoms with E-state index < -0.39 is 29.6 Å². The number of para-hydroxylation sites is 1. The Balaban J connectivity index is 1.87. The lowest BCUT2D eigenvalue weighted by molar-refractivity contribution is -0.137. The Kier molecular flexibility index (Phi) is 5.60. The number of nitrogens with one attached hydrogen (secondary N) is 1. The van der Waals surface area contributed by atoms with E-state index in [1.54, 1.807) is 30.3 Å². The molecule has 3 aromatic rings. The van der Waals surface area contributed by atoms with Gasteiger partial charge in [0.15, 0.2) is 5.69 Å². The van der Waals surface area contributed by atoms with Gasteiger partial charge in [-0.15, -0.1) is 0 Å². The molecular formula is C19H15ClFN3O4. The lowest BCUT2D eigenvalue weighted by Gasteiger charge is -2.17. The van der Waals surface area contributed by atoms with Crippen LogP contribution < -0.4 is 5.32 Å². The monoisotopic (exact) mass is 403 g/mol. The molecule has 2 aromatic carbocycles. The Labute approximate surface area is 164 Å². The Morgan fingerprint density at radius 2 is 1.93 bits per heavy atom. The van der Waals surface area contributed by atoms with Gasteiger partial charge in [0.05, 0.1) is 12.5 Å². The number of aliphatic carboxylic acids is 1. The van der Waals surface area contributed by atoms with Gasteiger partial charge in [-0.1, -0.05) is 35.9 Å². The van der Waals surface area contributed by atoms with Gasteiger partial charge in [-0.3, -0.25) is 9.59 Å². The summed E-state index contributed by atoms with van der Waals surface area (Å²) < 4.78 is 14.8. The fraction of sp³-hybridized carbons (Fsp3) is 0.105. The fourth-order valence-electron chi connectivity index (χ4n) is 2.67. The van der Waals surface area contributed by atoms with Crippen LogP contribution in [-0.2, 0) is 4.79 Å². The van der Waals surface area contributed by atoms with Crippen molar-refractivity contribution in [2.24, 2.45) is 0 Å². The zero-order valence-corrected chi connectivity index (χ0v) is 15.1. The molecule has 3 N–H and O–H groups in total. The molecule has 0 spiro atoms. The van der Waals surface area contributed by atoms with Crippen LogP contribution in [0.5, 0.6) is 5.88 Å². The van der Waals surface area contributed by atoms with Crippen LogP contribution >= 0.6 is 11.6 Å². The molecule has 0 aliphatic rings. The number of carbonyl (C=O) groups is 2. The van der Waals surface area contributed by atoms with Crippen molar-refractivity contribution in [2.45, 2.75) is 12.5 Å². The number of benzene rings is 2. The Hall–Kier alpha value is -3.39. The smallest absolute Gasteiger partial charge is 0.305 e. The maximum Gasteiger partial charge on any atom is 0.305 e. The minimum atomic E-state index is -1.12. The predicted octanol–water partition coefficient (Wildman–Crippen LogP) is 3.32. The third kappa shape index (κ3) is 4.29. The maximum atomic E-state index is 13.9. The van der Waals surface area contributed by atoms with Crippen LogP contribution in [-0.4, -0.2) is 31.9 Å². The maximum absolute atomic E-state index is 13.9. The number of halogens is 2. The molecule has 1 amide bonds. The highest BCUT2D eigenvalue weighted by atomic mass is 35.5. The van der Waals surface area contributed by atoms with Crippen molar-refractivity contribution in [3.8, 4) is 11.6 Å². The molecule has 0 aliphatic heterocycles. The minimum Gasteiger partial charge on any atom is -0.493 e. The van der Waals surface area contributed by atoms with Crippen LogP contribution in [0.3, 0.4) is 0 Å². The summed E-state index contributed by atoms with van der Waals surface area (Å²) in [5, 5.41) is 26.0. The molecule has 7 nitrogen and oxygen atoms in total. The SMILES string of the molecule is O=C(O)C[C@H](NC(=O)c1cc(O)n(-c2ccccc2F)n1)c1cccc(Cl)c1. The van der Waals surface area contributed by atoms with E-state index in [2.05, 4.69) is 10.4 Å². The summed E-state index contributed by atoms with van der Waals surface area (Å²) in [7, 11) is 0. The number of rotatable bonds is 6. The molecule has 144 valence electrons. The van der Waals surface area contributed by atoms with Crippen LogP contribution in [0.1, 0.15) is 28.5 Å². The van der Waals surface area contributed by atoms with E-state index in [0.717, 1.165) is 10.7 Å². The van der Waals surface area contributed by atoms with Crippen LogP contribution in [0.15, 0.2) is 54.6 Å². The van der Waals surface area contributed by atoms with Gasteiger partial charge in [-0.05, 0) is 29.8 Å². The van der Waals surface area contributed by atoms with Crippen molar-refractivity contribution in [3.05, 3.63) is 76.7 Å². The number of carboxylic acids is 1. The first kappa shape index (κ1) is 19.4. The second kappa shape index (κ2) is 8.10. The zero-order chi connectivity index (χ0) is 20.3. The van der Waals surface area contributed by atoms with Crippen molar-refractivity contribution in [1.29, 1.82) is 0 Å². The molecular weight excluding hydrogens is 389 g/mol. The third-order valence-corrected chi connectivity index (χ3v) is 4.17. The number of aromatic hydroxyl groups is 1. The van der Waals surface area contributed by atoms with Gasteiger partial charge in [0.25, 0.3) is 5.91 Å². The standard InChI is InChI=1S/C19H15ClFN3O4/c20-12-5-3-4-11(8-12)14(10-18(26)27)22-19(28)15-9-17(25)24(23-15)16-7-2-1-6-13(16)21/h1-9,14,25H,10H2,(H,22,28)(H,26,27)/t14-/m0/s1. The van der Waals surface area contributed by atoms with E-state index in [0.29, 0.717) is 10.6 Å². The number of carboxylic acid groups (broad SMARTS) is 1. The van der Waals surface area contributed by atoms with E-state index in [4.69, 9.17) is 16.7 Å². The highest BCUT2D eigenvalue weighted by Crippen LogP contribution is 2.23.